The number of ether oxygens (including phenoxy) is 1. The van der Waals surface area contributed by atoms with Crippen molar-refractivity contribution < 1.29 is 95.0 Å². The summed E-state index contributed by atoms with van der Waals surface area (Å²) in [5.74, 6) is 6.20. The van der Waals surface area contributed by atoms with Gasteiger partial charge in [-0.25, -0.2) is 4.39 Å². The summed E-state index contributed by atoms with van der Waals surface area (Å²) in [7, 11) is 1.68. The molecule has 5 nitrogen and oxygen atoms in total. The van der Waals surface area contributed by atoms with Crippen LogP contribution in [0.5, 0.6) is 5.75 Å². The fraction of sp³-hybridized carbons (Fsp3) is 0.0789. The Bertz CT molecular complexity index is 4270. The number of hydrogen-bond acceptors (Lipinski definition) is 5. The van der Waals surface area contributed by atoms with Crippen molar-refractivity contribution in [3.05, 3.63) is 307 Å². The van der Waals surface area contributed by atoms with Crippen LogP contribution in [-0.4, -0.2) is 33.7 Å². The molecule has 0 aliphatic rings. The largest absolute Gasteiger partial charge is 0.496 e. The van der Waals surface area contributed by atoms with Crippen LogP contribution in [0.3, 0.4) is 0 Å². The van der Waals surface area contributed by atoms with Crippen LogP contribution in [0, 0.1) is 63.8 Å². The molecule has 436 valence electrons. The van der Waals surface area contributed by atoms with Gasteiger partial charge >= 0.3 is 0 Å². The third-order valence-corrected chi connectivity index (χ3v) is 13.1. The van der Waals surface area contributed by atoms with E-state index >= 15 is 0 Å². The van der Waals surface area contributed by atoms with E-state index < -0.39 is 6.67 Å². The van der Waals surface area contributed by atoms with Crippen molar-refractivity contribution in [2.45, 2.75) is 27.7 Å². The van der Waals surface area contributed by atoms with Crippen LogP contribution >= 0.6 is 0 Å². The van der Waals surface area contributed by atoms with E-state index in [1.54, 1.807) is 25.6 Å². The number of aryl methyl sites for hydroxylation is 4. The summed E-state index contributed by atoms with van der Waals surface area (Å²) in [5, 5.41) is 0. The number of nitrogens with zero attached hydrogens (tertiary/aromatic N) is 4. The summed E-state index contributed by atoms with van der Waals surface area (Å²) in [5.41, 5.74) is 20.6. The van der Waals surface area contributed by atoms with Crippen LogP contribution in [0.25, 0.3) is 89.5 Å². The number of halogens is 1. The Labute approximate surface area is 566 Å². The Kier molecular flexibility index (Phi) is 26.0. The predicted octanol–water partition coefficient (Wildman–Crippen LogP) is 18.4. The summed E-state index contributed by atoms with van der Waals surface area (Å²) in [6.07, 6.45) is 7.30. The van der Waals surface area contributed by atoms with E-state index in [1.165, 1.54) is 16.7 Å². The van der Waals surface area contributed by atoms with E-state index in [-0.39, 0.29) is 110 Å². The normalized spacial score (nSPS) is 10.4. The first-order valence-electron chi connectivity index (χ1n) is 28.6. The summed E-state index contributed by atoms with van der Waals surface area (Å²) in [6.45, 7) is 7.65. The van der Waals surface area contributed by atoms with Crippen LogP contribution in [0.1, 0.15) is 33.3 Å². The van der Waals surface area contributed by atoms with E-state index in [0.717, 1.165) is 95.2 Å². The zero-order chi connectivity index (χ0) is 60.4. The first-order chi connectivity index (χ1) is 41.9. The first kappa shape index (κ1) is 62.8. The number of alkyl halides is 1. The maximum absolute atomic E-state index is 12.3. The number of benzene rings is 8. The number of methoxy groups -OCH3 is 1. The van der Waals surface area contributed by atoms with Gasteiger partial charge in [-0.1, -0.05) is 153 Å². The SMILES string of the molecule is COc1ccccc1-c1ccc(-c2[c-]cccc2)nc1.Cc1c[c-]c(-c2ccc(-c3ccccc3)cn2)c(C)c1.FCC#Cc1ccccc1-c1ccnc(-c2[c-]cccc2)c1.[2H]c1[c-]c(-c2ccc(-c3c(C)cccc3C)cn2)c([2H])c([2H])c1[2H].[Ir].[Ir].[Ir].[Ir]. The molecule has 0 N–H and O–H groups in total. The van der Waals surface area contributed by atoms with Gasteiger partial charge < -0.3 is 24.7 Å². The molecule has 12 aromatic rings. The van der Waals surface area contributed by atoms with E-state index in [2.05, 4.69) is 132 Å². The van der Waals surface area contributed by atoms with Crippen molar-refractivity contribution in [3.8, 4) is 107 Å². The molecule has 0 bridgehead atoms. The van der Waals surface area contributed by atoms with Crippen molar-refractivity contribution in [2.24, 2.45) is 0 Å². The van der Waals surface area contributed by atoms with Crippen LogP contribution < -0.4 is 4.74 Å². The van der Waals surface area contributed by atoms with Crippen molar-refractivity contribution in [2.75, 3.05) is 13.8 Å². The Balaban J connectivity index is 0.000000215. The molecule has 0 saturated heterocycles. The maximum atomic E-state index is 12.3. The number of para-hydroxylation sites is 1. The van der Waals surface area contributed by atoms with Gasteiger partial charge in [0, 0.05) is 125 Å². The molecule has 0 amide bonds. The average Bonchev–Trinajstić information content (AvgIpc) is 2.17. The molecule has 12 rings (SSSR count). The Hall–Kier alpha value is -7.75. The fourth-order valence-electron chi connectivity index (χ4n) is 9.13. The Morgan fingerprint density at radius 2 is 1.07 bits per heavy atom. The van der Waals surface area contributed by atoms with Gasteiger partial charge in [-0.15, -0.1) is 142 Å². The zero-order valence-electron chi connectivity index (χ0n) is 51.6. The summed E-state index contributed by atoms with van der Waals surface area (Å²) in [4.78, 5) is 17.9. The topological polar surface area (TPSA) is 60.8 Å². The second-order valence-corrected chi connectivity index (χ2v) is 18.8. The van der Waals surface area contributed by atoms with Gasteiger partial charge in [0.15, 0.2) is 6.67 Å². The number of pyridine rings is 4. The third kappa shape index (κ3) is 18.9. The molecule has 4 aromatic heterocycles. The maximum Gasteiger partial charge on any atom is 0.150 e. The monoisotopic (exact) mass is 1840 g/mol. The standard InChI is InChI=1S/C20H13FN.2C19H16N.C18H14NO.4Ir/c21-13-6-10-16-7-4-5-11-19(16)18-12-14-22-20(15-18)17-8-2-1-3-9-17;1-14-7-6-8-15(2)19(14)17-11-12-18(20-13-17)16-9-4-3-5-10-16;1-14-8-10-18(15(2)12-14)19-11-9-17(13-20-19)16-6-4-3-5-7-16;1-20-18-10-6-5-9-16(18)15-11-12-17(19-13-15)14-7-3-2-4-8-14;;;;/h1-5,7-8,11-12,14-15H,13H2;2*3-9,11-13H,1-2H3;2-7,9-13H,1H3;;;;/q4*-1;;;;/i;3D,4D,5D,9D;;;;;;. The minimum Gasteiger partial charge on any atom is -0.496 e. The molecule has 10 heteroatoms. The predicted molar refractivity (Wildman–Crippen MR) is 334 cm³/mol. The molecule has 4 heterocycles. The third-order valence-electron chi connectivity index (χ3n) is 13.1. The smallest absolute Gasteiger partial charge is 0.150 e. The van der Waals surface area contributed by atoms with E-state index in [0.29, 0.717) is 5.69 Å². The molecule has 86 heavy (non-hydrogen) atoms. The van der Waals surface area contributed by atoms with Crippen molar-refractivity contribution in [1.29, 1.82) is 0 Å². The van der Waals surface area contributed by atoms with Crippen LogP contribution in [0.4, 0.5) is 4.39 Å². The van der Waals surface area contributed by atoms with Gasteiger partial charge in [-0.2, -0.15) is 0 Å². The van der Waals surface area contributed by atoms with Crippen LogP contribution in [-0.2, 0) is 80.4 Å². The minimum atomic E-state index is -0.644. The van der Waals surface area contributed by atoms with Gasteiger partial charge in [0.25, 0.3) is 0 Å². The molecule has 0 fully saturated rings. The number of rotatable bonds is 9. The van der Waals surface area contributed by atoms with Crippen LogP contribution in [0.15, 0.2) is 255 Å². The van der Waals surface area contributed by atoms with Gasteiger partial charge in [-0.3, -0.25) is 0 Å². The molecule has 4 radical (unpaired) electrons. The van der Waals surface area contributed by atoms with Gasteiger partial charge in [0.2, 0.25) is 0 Å². The number of hydrogen-bond donors (Lipinski definition) is 0. The van der Waals surface area contributed by atoms with Crippen LogP contribution in [0.2, 0.25) is 0 Å². The first-order valence-corrected chi connectivity index (χ1v) is 26.6. The Morgan fingerprint density at radius 3 is 1.70 bits per heavy atom. The second-order valence-electron chi connectivity index (χ2n) is 18.8. The second kappa shape index (κ2) is 35.6. The van der Waals surface area contributed by atoms with Gasteiger partial charge in [0.05, 0.1) is 7.11 Å². The molecule has 0 aliphatic carbocycles. The molecule has 0 spiro atoms. The van der Waals surface area contributed by atoms with Crippen molar-refractivity contribution >= 4 is 0 Å². The summed E-state index contributed by atoms with van der Waals surface area (Å²) < 4.78 is 48.7. The summed E-state index contributed by atoms with van der Waals surface area (Å²) in [6, 6.07) is 79.2. The molecule has 0 saturated carbocycles. The molecule has 0 atom stereocenters. The fourth-order valence-corrected chi connectivity index (χ4v) is 9.13. The minimum absolute atomic E-state index is 0. The van der Waals surface area contributed by atoms with Gasteiger partial charge in [-0.05, 0) is 102 Å². The van der Waals surface area contributed by atoms with E-state index in [9.17, 15) is 4.39 Å². The summed E-state index contributed by atoms with van der Waals surface area (Å²) >= 11 is 0. The molecular formula is C76H59FIr4N4O-4. The van der Waals surface area contributed by atoms with E-state index in [4.69, 9.17) is 10.2 Å². The molecule has 8 aromatic carbocycles. The molecular weight excluding hydrogens is 1770 g/mol. The molecule has 0 unspecified atom stereocenters. The van der Waals surface area contributed by atoms with Crippen molar-refractivity contribution in [1.82, 2.24) is 19.9 Å². The van der Waals surface area contributed by atoms with Gasteiger partial charge in [0.1, 0.15) is 5.75 Å². The van der Waals surface area contributed by atoms with Crippen molar-refractivity contribution in [3.63, 3.8) is 0 Å². The van der Waals surface area contributed by atoms with E-state index in [1.807, 2.05) is 164 Å². The Morgan fingerprint density at radius 1 is 0.477 bits per heavy atom. The quantitative estimate of drug-likeness (QED) is 0.106. The molecule has 0 aliphatic heterocycles. The number of aromatic nitrogens is 4. The average molecular weight is 1840 g/mol. The zero-order valence-corrected chi connectivity index (χ0v) is 57.1.